The smallest absolute Gasteiger partial charge is 0.336 e. The Labute approximate surface area is 195 Å². The van der Waals surface area contributed by atoms with Gasteiger partial charge in [-0.05, 0) is 42.4 Å². The first kappa shape index (κ1) is 22.8. The third-order valence-electron chi connectivity index (χ3n) is 6.51. The van der Waals surface area contributed by atoms with Gasteiger partial charge in [0.05, 0.1) is 17.9 Å². The van der Waals surface area contributed by atoms with Gasteiger partial charge in [-0.2, -0.15) is 0 Å². The summed E-state index contributed by atoms with van der Waals surface area (Å²) in [6, 6.07) is 11.4. The minimum atomic E-state index is -0.587. The molecule has 0 amide bonds. The van der Waals surface area contributed by atoms with E-state index < -0.39 is 11.9 Å². The second-order valence-electron chi connectivity index (χ2n) is 9.34. The second kappa shape index (κ2) is 8.54. The Morgan fingerprint density at radius 2 is 1.64 bits per heavy atom. The summed E-state index contributed by atoms with van der Waals surface area (Å²) < 4.78 is 5.42. The highest BCUT2D eigenvalue weighted by Crippen LogP contribution is 2.48. The fraction of sp³-hybridized carbons (Fsp3) is 0.357. The minimum absolute atomic E-state index is 0.0743. The Hall–Kier alpha value is -3.34. The van der Waals surface area contributed by atoms with Crippen molar-refractivity contribution < 1.29 is 19.4 Å². The number of phenolic OH excluding ortho intramolecular Hbond substituents is 1. The molecule has 0 saturated carbocycles. The fourth-order valence-electron chi connectivity index (χ4n) is 4.89. The molecule has 2 aromatic carbocycles. The number of phenols is 1. The Kier molecular flexibility index (Phi) is 5.91. The van der Waals surface area contributed by atoms with Crippen molar-refractivity contribution in [3.8, 4) is 5.75 Å². The van der Waals surface area contributed by atoms with Gasteiger partial charge in [0.1, 0.15) is 5.75 Å². The van der Waals surface area contributed by atoms with Crippen LogP contribution in [0, 0.1) is 0 Å². The molecule has 0 bridgehead atoms. The van der Waals surface area contributed by atoms with E-state index in [1.807, 2.05) is 71.0 Å². The molecule has 5 heteroatoms. The number of hydrogen-bond donors (Lipinski definition) is 2. The molecule has 172 valence electrons. The van der Waals surface area contributed by atoms with Crippen LogP contribution in [0.5, 0.6) is 5.75 Å². The SMILES string of the molecule is CCOC(=O)C1=C(C)NC2=C(C(=O)c3ccccc32)[C@@H]1c1cc(C(C)C)c(O)c(C(C)C)c1. The number of carbonyl (C=O) groups excluding carboxylic acids is 2. The maximum Gasteiger partial charge on any atom is 0.336 e. The summed E-state index contributed by atoms with van der Waals surface area (Å²) >= 11 is 0. The first-order valence-corrected chi connectivity index (χ1v) is 11.6. The van der Waals surface area contributed by atoms with Gasteiger partial charge in [0.2, 0.25) is 0 Å². The van der Waals surface area contributed by atoms with E-state index in [0.29, 0.717) is 22.4 Å². The van der Waals surface area contributed by atoms with Gasteiger partial charge < -0.3 is 15.2 Å². The van der Waals surface area contributed by atoms with Crippen LogP contribution in [0.15, 0.2) is 53.2 Å². The number of rotatable bonds is 5. The predicted molar refractivity (Wildman–Crippen MR) is 129 cm³/mol. The monoisotopic (exact) mass is 445 g/mol. The predicted octanol–water partition coefficient (Wildman–Crippen LogP) is 5.77. The topological polar surface area (TPSA) is 75.6 Å². The molecule has 1 heterocycles. The van der Waals surface area contributed by atoms with E-state index in [4.69, 9.17) is 4.74 Å². The van der Waals surface area contributed by atoms with Crippen LogP contribution in [-0.4, -0.2) is 23.5 Å². The number of ether oxygens (including phenoxy) is 1. The summed E-state index contributed by atoms with van der Waals surface area (Å²) in [4.78, 5) is 26.8. The number of dihydropyridines is 1. The molecule has 0 radical (unpaired) electrons. The maximum atomic E-state index is 13.6. The molecule has 1 aliphatic carbocycles. The minimum Gasteiger partial charge on any atom is -0.507 e. The van der Waals surface area contributed by atoms with Crippen LogP contribution in [0.4, 0.5) is 0 Å². The molecule has 1 atom stereocenters. The van der Waals surface area contributed by atoms with Gasteiger partial charge in [-0.1, -0.05) is 64.1 Å². The molecule has 2 N–H and O–H groups in total. The van der Waals surface area contributed by atoms with Crippen LogP contribution in [0.1, 0.15) is 91.9 Å². The Balaban J connectivity index is 2.01. The van der Waals surface area contributed by atoms with E-state index in [9.17, 15) is 14.7 Å². The lowest BCUT2D eigenvalue weighted by Crippen LogP contribution is -2.29. The standard InChI is InChI=1S/C28H31NO4/c1-7-33-28(32)22-16(6)29-25-18-10-8-9-11-19(18)27(31)24(25)23(22)17-12-20(14(2)3)26(30)21(13-17)15(4)5/h8-15,23,29-30H,7H2,1-6H3/t23-/m1/s1. The van der Waals surface area contributed by atoms with Crippen molar-refractivity contribution in [2.45, 2.75) is 59.3 Å². The largest absolute Gasteiger partial charge is 0.507 e. The van der Waals surface area contributed by atoms with Crippen LogP contribution in [0.3, 0.4) is 0 Å². The van der Waals surface area contributed by atoms with Crippen LogP contribution < -0.4 is 5.32 Å². The summed E-state index contributed by atoms with van der Waals surface area (Å²) in [7, 11) is 0. The zero-order valence-corrected chi connectivity index (χ0v) is 20.1. The molecule has 0 fully saturated rings. The van der Waals surface area contributed by atoms with Crippen molar-refractivity contribution in [2.24, 2.45) is 0 Å². The molecular weight excluding hydrogens is 414 g/mol. The van der Waals surface area contributed by atoms with Crippen LogP contribution in [0.2, 0.25) is 0 Å². The Morgan fingerprint density at radius 1 is 1.06 bits per heavy atom. The second-order valence-corrected chi connectivity index (χ2v) is 9.34. The van der Waals surface area contributed by atoms with E-state index in [0.717, 1.165) is 28.0 Å². The molecule has 0 unspecified atom stereocenters. The number of esters is 1. The first-order chi connectivity index (χ1) is 15.7. The van der Waals surface area contributed by atoms with Crippen molar-refractivity contribution in [3.63, 3.8) is 0 Å². The van der Waals surface area contributed by atoms with Gasteiger partial charge in [-0.25, -0.2) is 4.79 Å². The molecular formula is C28H31NO4. The van der Waals surface area contributed by atoms with Crippen molar-refractivity contribution in [1.29, 1.82) is 0 Å². The third kappa shape index (κ3) is 3.65. The van der Waals surface area contributed by atoms with Gasteiger partial charge in [0, 0.05) is 28.3 Å². The summed E-state index contributed by atoms with van der Waals surface area (Å²) in [6.45, 7) is 12.0. The molecule has 0 aromatic heterocycles. The number of allylic oxidation sites excluding steroid dienone is 2. The number of carbonyl (C=O) groups is 2. The highest BCUT2D eigenvalue weighted by Gasteiger charge is 2.43. The number of nitrogens with one attached hydrogen (secondary N) is 1. The molecule has 0 saturated heterocycles. The van der Waals surface area contributed by atoms with Crippen LogP contribution >= 0.6 is 0 Å². The average molecular weight is 446 g/mol. The third-order valence-corrected chi connectivity index (χ3v) is 6.51. The molecule has 33 heavy (non-hydrogen) atoms. The highest BCUT2D eigenvalue weighted by molar-refractivity contribution is 6.23. The number of benzene rings is 2. The summed E-state index contributed by atoms with van der Waals surface area (Å²) in [5.41, 5.74) is 6.32. The van der Waals surface area contributed by atoms with Gasteiger partial charge >= 0.3 is 5.97 Å². The lowest BCUT2D eigenvalue weighted by molar-refractivity contribution is -0.138. The molecule has 2 aliphatic rings. The number of Topliss-reactive ketones (excluding diaryl/α,β-unsaturated/α-hetero) is 1. The quantitative estimate of drug-likeness (QED) is 0.572. The van der Waals surface area contributed by atoms with E-state index in [2.05, 4.69) is 5.32 Å². The zero-order valence-electron chi connectivity index (χ0n) is 20.1. The van der Waals surface area contributed by atoms with Crippen LogP contribution in [0.25, 0.3) is 5.70 Å². The summed E-state index contributed by atoms with van der Waals surface area (Å²) in [5.74, 6) is -0.678. The molecule has 5 nitrogen and oxygen atoms in total. The van der Waals surface area contributed by atoms with E-state index in [1.54, 1.807) is 6.92 Å². The van der Waals surface area contributed by atoms with Crippen LogP contribution in [-0.2, 0) is 9.53 Å². The van der Waals surface area contributed by atoms with Crippen molar-refractivity contribution in [1.82, 2.24) is 5.32 Å². The highest BCUT2D eigenvalue weighted by atomic mass is 16.5. The van der Waals surface area contributed by atoms with Crippen molar-refractivity contribution in [3.05, 3.63) is 81.1 Å². The number of hydrogen-bond acceptors (Lipinski definition) is 5. The molecule has 2 aromatic rings. The number of fused-ring (bicyclic) bond motifs is 2. The average Bonchev–Trinajstić information content (AvgIpc) is 3.04. The first-order valence-electron chi connectivity index (χ1n) is 11.6. The number of ketones is 1. The van der Waals surface area contributed by atoms with E-state index in [-0.39, 0.29) is 30.0 Å². The van der Waals surface area contributed by atoms with E-state index >= 15 is 0 Å². The number of aromatic hydroxyl groups is 1. The van der Waals surface area contributed by atoms with Gasteiger partial charge in [-0.15, -0.1) is 0 Å². The van der Waals surface area contributed by atoms with Gasteiger partial charge in [0.25, 0.3) is 0 Å². The lowest BCUT2D eigenvalue weighted by atomic mass is 9.77. The zero-order chi connectivity index (χ0) is 24.0. The van der Waals surface area contributed by atoms with Gasteiger partial charge in [0.15, 0.2) is 5.78 Å². The van der Waals surface area contributed by atoms with E-state index in [1.165, 1.54) is 0 Å². The fourth-order valence-corrected chi connectivity index (χ4v) is 4.89. The Morgan fingerprint density at radius 3 is 2.18 bits per heavy atom. The normalized spacial score (nSPS) is 17.5. The molecule has 4 rings (SSSR count). The maximum absolute atomic E-state index is 13.6. The lowest BCUT2D eigenvalue weighted by Gasteiger charge is -2.30. The summed E-state index contributed by atoms with van der Waals surface area (Å²) in [5, 5.41) is 14.3. The van der Waals surface area contributed by atoms with Crippen molar-refractivity contribution in [2.75, 3.05) is 6.61 Å². The van der Waals surface area contributed by atoms with Crippen molar-refractivity contribution >= 4 is 17.4 Å². The molecule has 1 aliphatic heterocycles. The summed E-state index contributed by atoms with van der Waals surface area (Å²) in [6.07, 6.45) is 0. The Bertz CT molecular complexity index is 1190. The van der Waals surface area contributed by atoms with Gasteiger partial charge in [-0.3, -0.25) is 4.79 Å². The molecule has 0 spiro atoms.